The molecule has 0 saturated heterocycles. The third-order valence-electron chi connectivity index (χ3n) is 1.14. The van der Waals surface area contributed by atoms with Gasteiger partial charge in [-0.05, 0) is 19.4 Å². The molecule has 0 aromatic heterocycles. The van der Waals surface area contributed by atoms with Gasteiger partial charge in [-0.3, -0.25) is 4.99 Å². The van der Waals surface area contributed by atoms with Crippen molar-refractivity contribution in [2.24, 2.45) is 4.99 Å². The van der Waals surface area contributed by atoms with E-state index in [1.165, 1.54) is 0 Å². The van der Waals surface area contributed by atoms with Crippen LogP contribution in [0.15, 0.2) is 29.8 Å². The van der Waals surface area contributed by atoms with Gasteiger partial charge in [0.05, 0.1) is 6.54 Å². The summed E-state index contributed by atoms with van der Waals surface area (Å²) in [7, 11) is 0. The summed E-state index contributed by atoms with van der Waals surface area (Å²) in [4.78, 5) is 4.26. The lowest BCUT2D eigenvalue weighted by Gasteiger charge is -1.92. The number of allylic oxidation sites excluding steroid dienone is 2. The molecule has 0 heterocycles. The zero-order valence-corrected chi connectivity index (χ0v) is 6.80. The molecule has 0 fully saturated rings. The molecule has 0 rings (SSSR count). The van der Waals surface area contributed by atoms with E-state index in [1.807, 2.05) is 19.1 Å². The summed E-state index contributed by atoms with van der Waals surface area (Å²) in [6.45, 7) is 8.42. The molecule has 0 aliphatic heterocycles. The van der Waals surface area contributed by atoms with Gasteiger partial charge in [0.15, 0.2) is 0 Å². The van der Waals surface area contributed by atoms with E-state index in [9.17, 15) is 0 Å². The van der Waals surface area contributed by atoms with Gasteiger partial charge in [-0.15, -0.1) is 6.58 Å². The number of hydrogen-bond donors (Lipinski definition) is 0. The fraction of sp³-hybridized carbons (Fsp3) is 0.444. The molecule has 0 spiro atoms. The van der Waals surface area contributed by atoms with Crippen LogP contribution in [0.1, 0.15) is 20.3 Å². The van der Waals surface area contributed by atoms with Gasteiger partial charge in [-0.1, -0.05) is 19.1 Å². The number of nitrogens with zero attached hydrogens (tertiary/aromatic N) is 1. The highest BCUT2D eigenvalue weighted by atomic mass is 14.7. The lowest BCUT2D eigenvalue weighted by atomic mass is 10.3. The predicted octanol–water partition coefficient (Wildman–Crippen LogP) is 2.60. The van der Waals surface area contributed by atoms with Crippen molar-refractivity contribution in [3.8, 4) is 0 Å². The van der Waals surface area contributed by atoms with E-state index in [4.69, 9.17) is 0 Å². The zero-order valence-electron chi connectivity index (χ0n) is 6.80. The van der Waals surface area contributed by atoms with Crippen LogP contribution < -0.4 is 0 Å². The van der Waals surface area contributed by atoms with E-state index in [-0.39, 0.29) is 0 Å². The van der Waals surface area contributed by atoms with Gasteiger partial charge in [0.25, 0.3) is 0 Å². The highest BCUT2D eigenvalue weighted by Gasteiger charge is 1.84. The third kappa shape index (κ3) is 4.07. The highest BCUT2D eigenvalue weighted by molar-refractivity contribution is 5.94. The van der Waals surface area contributed by atoms with Gasteiger partial charge in [-0.2, -0.15) is 0 Å². The van der Waals surface area contributed by atoms with Gasteiger partial charge >= 0.3 is 0 Å². The Morgan fingerprint density at radius 3 is 2.70 bits per heavy atom. The highest BCUT2D eigenvalue weighted by Crippen LogP contribution is 1.88. The summed E-state index contributed by atoms with van der Waals surface area (Å²) in [5.41, 5.74) is 1.14. The van der Waals surface area contributed by atoms with Crippen LogP contribution >= 0.6 is 0 Å². The lowest BCUT2D eigenvalue weighted by Crippen LogP contribution is -1.90. The Kier molecular flexibility index (Phi) is 5.74. The number of hydrogen-bond acceptors (Lipinski definition) is 1. The van der Waals surface area contributed by atoms with Gasteiger partial charge in [0.1, 0.15) is 0 Å². The van der Waals surface area contributed by atoms with Gasteiger partial charge in [-0.25, -0.2) is 0 Å². The fourth-order valence-corrected chi connectivity index (χ4v) is 0.657. The Morgan fingerprint density at radius 2 is 2.30 bits per heavy atom. The van der Waals surface area contributed by atoms with Gasteiger partial charge < -0.3 is 0 Å². The summed E-state index contributed by atoms with van der Waals surface area (Å²) in [5.74, 6) is 0. The third-order valence-corrected chi connectivity index (χ3v) is 1.14. The van der Waals surface area contributed by atoms with Gasteiger partial charge in [0, 0.05) is 5.71 Å². The maximum absolute atomic E-state index is 4.26. The summed E-state index contributed by atoms with van der Waals surface area (Å²) < 4.78 is 0. The maximum atomic E-state index is 4.26. The normalized spacial score (nSPS) is 12.4. The minimum Gasteiger partial charge on any atom is -0.286 e. The van der Waals surface area contributed by atoms with E-state index < -0.39 is 0 Å². The topological polar surface area (TPSA) is 12.4 Å². The molecule has 0 aromatic carbocycles. The van der Waals surface area contributed by atoms with Crippen molar-refractivity contribution in [1.82, 2.24) is 0 Å². The minimum atomic E-state index is 0.730. The van der Waals surface area contributed by atoms with Crippen LogP contribution in [-0.4, -0.2) is 12.3 Å². The van der Waals surface area contributed by atoms with Gasteiger partial charge in [0.2, 0.25) is 0 Å². The van der Waals surface area contributed by atoms with E-state index in [0.717, 1.165) is 18.7 Å². The molecule has 0 amide bonds. The molecule has 1 heteroatoms. The molecule has 0 N–H and O–H groups in total. The first-order valence-corrected chi connectivity index (χ1v) is 3.62. The molecule has 0 saturated carbocycles. The van der Waals surface area contributed by atoms with Crippen molar-refractivity contribution < 1.29 is 0 Å². The molecule has 0 atom stereocenters. The average Bonchev–Trinajstić information content (AvgIpc) is 1.98. The number of rotatable bonds is 4. The van der Waals surface area contributed by atoms with Crippen molar-refractivity contribution in [1.29, 1.82) is 0 Å². The Bertz CT molecular complexity index is 143. The summed E-state index contributed by atoms with van der Waals surface area (Å²) in [6, 6.07) is 0. The Balaban J connectivity index is 3.90. The Labute approximate surface area is 63.2 Å². The van der Waals surface area contributed by atoms with Crippen LogP contribution in [0.3, 0.4) is 0 Å². The quantitative estimate of drug-likeness (QED) is 0.417. The second-order valence-corrected chi connectivity index (χ2v) is 1.97. The van der Waals surface area contributed by atoms with Crippen LogP contribution in [-0.2, 0) is 0 Å². The molecule has 1 nitrogen and oxygen atoms in total. The summed E-state index contributed by atoms with van der Waals surface area (Å²) >= 11 is 0. The molecule has 0 unspecified atom stereocenters. The molecular formula is C9H15N. The molecule has 0 radical (unpaired) electrons. The SMILES string of the molecule is C=CCN=C(C=CC)CC. The van der Waals surface area contributed by atoms with Crippen LogP contribution in [0.25, 0.3) is 0 Å². The minimum absolute atomic E-state index is 0.730. The van der Waals surface area contributed by atoms with Crippen molar-refractivity contribution in [2.45, 2.75) is 20.3 Å². The smallest absolute Gasteiger partial charge is 0.0570 e. The van der Waals surface area contributed by atoms with Crippen molar-refractivity contribution in [3.05, 3.63) is 24.8 Å². The number of aliphatic imine (C=N–C) groups is 1. The molecule has 10 heavy (non-hydrogen) atoms. The van der Waals surface area contributed by atoms with E-state index >= 15 is 0 Å². The first-order valence-electron chi connectivity index (χ1n) is 3.62. The first kappa shape index (κ1) is 9.15. The monoisotopic (exact) mass is 137 g/mol. The zero-order chi connectivity index (χ0) is 7.82. The van der Waals surface area contributed by atoms with E-state index in [2.05, 4.69) is 18.5 Å². The Hall–Kier alpha value is -0.850. The largest absolute Gasteiger partial charge is 0.286 e. The molecule has 0 aliphatic rings. The molecule has 0 aliphatic carbocycles. The standard InChI is InChI=1S/C9H15N/c1-4-7-9(6-3)10-8-5-2/h4-5,7H,2,6,8H2,1,3H3. The fourth-order valence-electron chi connectivity index (χ4n) is 0.657. The van der Waals surface area contributed by atoms with Crippen molar-refractivity contribution in [3.63, 3.8) is 0 Å². The van der Waals surface area contributed by atoms with Crippen LogP contribution in [0.4, 0.5) is 0 Å². The first-order chi connectivity index (χ1) is 4.85. The Morgan fingerprint density at radius 1 is 1.60 bits per heavy atom. The lowest BCUT2D eigenvalue weighted by molar-refractivity contribution is 1.19. The predicted molar refractivity (Wildman–Crippen MR) is 47.6 cm³/mol. The average molecular weight is 137 g/mol. The van der Waals surface area contributed by atoms with E-state index in [0.29, 0.717) is 0 Å². The maximum Gasteiger partial charge on any atom is 0.0570 e. The second kappa shape index (κ2) is 6.27. The second-order valence-electron chi connectivity index (χ2n) is 1.97. The van der Waals surface area contributed by atoms with Crippen LogP contribution in [0.5, 0.6) is 0 Å². The molecule has 0 bridgehead atoms. The summed E-state index contributed by atoms with van der Waals surface area (Å²) in [6.07, 6.45) is 6.84. The van der Waals surface area contributed by atoms with Crippen molar-refractivity contribution in [2.75, 3.05) is 6.54 Å². The molecule has 0 aromatic rings. The van der Waals surface area contributed by atoms with Crippen LogP contribution in [0, 0.1) is 0 Å². The molecular weight excluding hydrogens is 122 g/mol. The van der Waals surface area contributed by atoms with Crippen LogP contribution in [0.2, 0.25) is 0 Å². The van der Waals surface area contributed by atoms with E-state index in [1.54, 1.807) is 6.08 Å². The van der Waals surface area contributed by atoms with Crippen molar-refractivity contribution >= 4 is 5.71 Å². The molecule has 56 valence electrons. The summed E-state index contributed by atoms with van der Waals surface area (Å²) in [5, 5.41) is 0.